The van der Waals surface area contributed by atoms with Crippen molar-refractivity contribution in [3.63, 3.8) is 0 Å². The van der Waals surface area contributed by atoms with Crippen molar-refractivity contribution in [1.82, 2.24) is 13.6 Å². The van der Waals surface area contributed by atoms with E-state index in [0.29, 0.717) is 5.75 Å². The highest BCUT2D eigenvalue weighted by Crippen LogP contribution is 2.52. The molecule has 0 bridgehead atoms. The summed E-state index contributed by atoms with van der Waals surface area (Å²) in [6.45, 7) is 0.971. The number of nitrogens with one attached hydrogen (secondary N) is 1. The number of carbonyl (C=O) groups is 1. The standard InChI is InChI=1S/C25H31FN6O6S2/c1-24(19-12-17(6-8-20(19)26)29-22(33)21-9-7-18(38-3)13-28-21)25(40(36,37)31(2)23(27)30-24)10-11-32(15-25)39(34,35)14-16-4-5-16/h6-9,12-13,16H,4-5,10-11,14-15H2,1-3H3,(H2,27,30)(H,29,33)/t24-,25-/m1/s1. The maximum absolute atomic E-state index is 15.6. The van der Waals surface area contributed by atoms with Gasteiger partial charge in [-0.3, -0.25) is 4.79 Å². The number of amides is 1. The van der Waals surface area contributed by atoms with Gasteiger partial charge in [0.25, 0.3) is 5.91 Å². The van der Waals surface area contributed by atoms with Crippen LogP contribution in [0.1, 0.15) is 42.2 Å². The zero-order chi connectivity index (χ0) is 29.1. The summed E-state index contributed by atoms with van der Waals surface area (Å²) < 4.78 is 75.1. The number of hydrogen-bond donors (Lipinski definition) is 2. The van der Waals surface area contributed by atoms with Crippen molar-refractivity contribution in [2.75, 3.05) is 38.3 Å². The number of nitrogens with two attached hydrogens (primary N) is 1. The third-order valence-corrected chi connectivity index (χ3v) is 12.7. The lowest BCUT2D eigenvalue weighted by Crippen LogP contribution is -2.66. The number of methoxy groups -OCH3 is 1. The number of anilines is 1. The molecule has 2 aliphatic heterocycles. The number of pyridine rings is 1. The maximum Gasteiger partial charge on any atom is 0.274 e. The first kappa shape index (κ1) is 28.2. The summed E-state index contributed by atoms with van der Waals surface area (Å²) in [7, 11) is -5.36. The average Bonchev–Trinajstić information content (AvgIpc) is 3.58. The van der Waals surface area contributed by atoms with Gasteiger partial charge in [-0.25, -0.2) is 39.8 Å². The SMILES string of the molecule is COc1ccc(C(=O)Nc2ccc(F)c([C@@]3(C)N=C(N)N(C)S(=O)(=O)[C@@]34CCN(S(=O)(=O)CC3CC3)C4)c2)nc1. The fourth-order valence-electron chi connectivity index (χ4n) is 5.43. The van der Waals surface area contributed by atoms with Crippen LogP contribution in [0.2, 0.25) is 0 Å². The van der Waals surface area contributed by atoms with Crippen LogP contribution in [-0.2, 0) is 25.6 Å². The van der Waals surface area contributed by atoms with Gasteiger partial charge in [0, 0.05) is 31.4 Å². The topological polar surface area (TPSA) is 164 Å². The summed E-state index contributed by atoms with van der Waals surface area (Å²) in [4.78, 5) is 21.4. The Bertz CT molecular complexity index is 1600. The minimum Gasteiger partial charge on any atom is -0.495 e. The zero-order valence-electron chi connectivity index (χ0n) is 22.3. The molecular weight excluding hydrogens is 563 g/mol. The van der Waals surface area contributed by atoms with E-state index < -0.39 is 48.6 Å². The van der Waals surface area contributed by atoms with Crippen molar-refractivity contribution in [2.24, 2.45) is 16.6 Å². The molecule has 5 rings (SSSR count). The number of aliphatic imine (C=N–C) groups is 1. The fourth-order valence-corrected chi connectivity index (χ4v) is 9.58. The van der Waals surface area contributed by atoms with Crippen LogP contribution < -0.4 is 15.8 Å². The molecule has 1 saturated heterocycles. The molecule has 2 aromatic rings. The molecule has 40 heavy (non-hydrogen) atoms. The van der Waals surface area contributed by atoms with Crippen LogP contribution >= 0.6 is 0 Å². The van der Waals surface area contributed by atoms with E-state index >= 15 is 4.39 Å². The van der Waals surface area contributed by atoms with E-state index in [9.17, 15) is 21.6 Å². The smallest absolute Gasteiger partial charge is 0.274 e. The number of carbonyl (C=O) groups excluding carboxylic acids is 1. The van der Waals surface area contributed by atoms with Crippen molar-refractivity contribution in [1.29, 1.82) is 0 Å². The molecule has 12 nitrogen and oxygen atoms in total. The van der Waals surface area contributed by atoms with Gasteiger partial charge in [-0.2, -0.15) is 0 Å². The largest absolute Gasteiger partial charge is 0.495 e. The van der Waals surface area contributed by atoms with Crippen LogP contribution in [0.4, 0.5) is 10.1 Å². The van der Waals surface area contributed by atoms with E-state index in [1.165, 1.54) is 49.8 Å². The first-order valence-electron chi connectivity index (χ1n) is 12.7. The normalized spacial score (nSPS) is 26.5. The van der Waals surface area contributed by atoms with Crippen LogP contribution in [0.3, 0.4) is 0 Å². The van der Waals surface area contributed by atoms with Crippen molar-refractivity contribution in [3.05, 3.63) is 53.6 Å². The minimum atomic E-state index is -4.32. The molecule has 1 aromatic carbocycles. The third kappa shape index (κ3) is 4.49. The predicted molar refractivity (Wildman–Crippen MR) is 146 cm³/mol. The van der Waals surface area contributed by atoms with E-state index in [4.69, 9.17) is 10.5 Å². The van der Waals surface area contributed by atoms with Crippen LogP contribution in [0, 0.1) is 11.7 Å². The van der Waals surface area contributed by atoms with Gasteiger partial charge in [-0.05, 0) is 62.4 Å². The molecule has 0 radical (unpaired) electrons. The van der Waals surface area contributed by atoms with Crippen LogP contribution in [0.5, 0.6) is 5.75 Å². The molecule has 2 atom stereocenters. The van der Waals surface area contributed by atoms with Crippen molar-refractivity contribution in [3.8, 4) is 5.75 Å². The average molecular weight is 595 g/mol. The second-order valence-electron chi connectivity index (χ2n) is 10.5. The van der Waals surface area contributed by atoms with E-state index in [1.54, 1.807) is 6.07 Å². The number of nitrogens with zero attached hydrogens (tertiary/aromatic N) is 4. The van der Waals surface area contributed by atoms with E-state index in [2.05, 4.69) is 15.3 Å². The van der Waals surface area contributed by atoms with Crippen LogP contribution in [0.15, 0.2) is 41.5 Å². The molecule has 3 aliphatic rings. The molecule has 1 spiro atoms. The minimum absolute atomic E-state index is 0.0592. The number of guanidine groups is 1. The number of aromatic nitrogens is 1. The summed E-state index contributed by atoms with van der Waals surface area (Å²) in [5.74, 6) is -1.26. The summed E-state index contributed by atoms with van der Waals surface area (Å²) in [5.41, 5.74) is 4.31. The second kappa shape index (κ2) is 9.66. The number of halogens is 1. The van der Waals surface area contributed by atoms with Gasteiger partial charge in [0.1, 0.15) is 27.5 Å². The summed E-state index contributed by atoms with van der Waals surface area (Å²) in [5, 5.41) is 2.65. The number of rotatable bonds is 7. The first-order valence-corrected chi connectivity index (χ1v) is 15.7. The van der Waals surface area contributed by atoms with E-state index in [-0.39, 0.29) is 47.5 Å². The lowest BCUT2D eigenvalue weighted by molar-refractivity contribution is 0.102. The highest BCUT2D eigenvalue weighted by atomic mass is 32.2. The fraction of sp³-hybridized carbons (Fsp3) is 0.480. The van der Waals surface area contributed by atoms with Crippen molar-refractivity contribution < 1.29 is 30.8 Å². The number of sulfonamides is 2. The van der Waals surface area contributed by atoms with Gasteiger partial charge in [-0.15, -0.1) is 0 Å². The Morgan fingerprint density at radius 2 is 2.00 bits per heavy atom. The van der Waals surface area contributed by atoms with Crippen LogP contribution in [0.25, 0.3) is 0 Å². The zero-order valence-corrected chi connectivity index (χ0v) is 23.9. The van der Waals surface area contributed by atoms with Gasteiger partial charge in [0.15, 0.2) is 0 Å². The summed E-state index contributed by atoms with van der Waals surface area (Å²) >= 11 is 0. The molecule has 2 fully saturated rings. The second-order valence-corrected chi connectivity index (χ2v) is 14.8. The Kier molecular flexibility index (Phi) is 6.82. The maximum atomic E-state index is 15.6. The van der Waals surface area contributed by atoms with Gasteiger partial charge in [0.2, 0.25) is 26.0 Å². The van der Waals surface area contributed by atoms with Gasteiger partial charge in [-0.1, -0.05) is 0 Å². The molecule has 1 amide bonds. The van der Waals surface area contributed by atoms with Gasteiger partial charge in [0.05, 0.1) is 19.1 Å². The Morgan fingerprint density at radius 1 is 1.27 bits per heavy atom. The highest BCUT2D eigenvalue weighted by Gasteiger charge is 2.67. The lowest BCUT2D eigenvalue weighted by atomic mass is 9.78. The predicted octanol–water partition coefficient (Wildman–Crippen LogP) is 1.47. The Morgan fingerprint density at radius 3 is 2.62 bits per heavy atom. The Labute approximate surface area is 232 Å². The number of ether oxygens (including phenoxy) is 1. The monoisotopic (exact) mass is 594 g/mol. The van der Waals surface area contributed by atoms with Gasteiger partial charge >= 0.3 is 0 Å². The molecule has 3 N–H and O–H groups in total. The van der Waals surface area contributed by atoms with Crippen LogP contribution in [-0.4, -0.2) is 80.0 Å². The molecule has 1 aromatic heterocycles. The Hall–Kier alpha value is -3.30. The molecule has 15 heteroatoms. The summed E-state index contributed by atoms with van der Waals surface area (Å²) in [6, 6.07) is 6.75. The van der Waals surface area contributed by atoms with E-state index in [1.807, 2.05) is 0 Å². The van der Waals surface area contributed by atoms with Crippen molar-refractivity contribution in [2.45, 2.75) is 36.5 Å². The highest BCUT2D eigenvalue weighted by molar-refractivity contribution is 7.91. The van der Waals surface area contributed by atoms with Gasteiger partial charge < -0.3 is 15.8 Å². The molecule has 0 unspecified atom stereocenters. The molecular formula is C25H31FN6O6S2. The number of hydrogen-bond acceptors (Lipinski definition) is 9. The quantitative estimate of drug-likeness (QED) is 0.487. The first-order chi connectivity index (χ1) is 18.7. The lowest BCUT2D eigenvalue weighted by Gasteiger charge is -2.48. The molecule has 1 aliphatic carbocycles. The van der Waals surface area contributed by atoms with Crippen molar-refractivity contribution >= 4 is 37.6 Å². The third-order valence-electron chi connectivity index (χ3n) is 8.09. The number of benzene rings is 1. The molecule has 1 saturated carbocycles. The Balaban J connectivity index is 1.56. The summed E-state index contributed by atoms with van der Waals surface area (Å²) in [6.07, 6.45) is 2.88. The molecule has 216 valence electrons. The van der Waals surface area contributed by atoms with E-state index in [0.717, 1.165) is 23.2 Å². The molecule has 3 heterocycles.